The number of benzene rings is 2. The number of nitrogens with one attached hydrogen (secondary N) is 2. The number of halogens is 1. The number of rotatable bonds is 9. The van der Waals surface area contributed by atoms with Gasteiger partial charge in [-0.1, -0.05) is 19.1 Å². The average molecular weight is 373 g/mol. The number of hydrogen-bond donors (Lipinski definition) is 2. The van der Waals surface area contributed by atoms with Gasteiger partial charge in [-0.15, -0.1) is 0 Å². The first-order valence-corrected chi connectivity index (χ1v) is 8.72. The molecular formula is C20H24FN3O3. The summed E-state index contributed by atoms with van der Waals surface area (Å²) < 4.78 is 18.6. The summed E-state index contributed by atoms with van der Waals surface area (Å²) in [7, 11) is 1.58. The number of anilines is 2. The van der Waals surface area contributed by atoms with Crippen molar-refractivity contribution >= 4 is 23.2 Å². The Kier molecular flexibility index (Phi) is 7.76. The molecule has 0 aromatic heterocycles. The molecule has 0 spiro atoms. The summed E-state index contributed by atoms with van der Waals surface area (Å²) in [4.78, 5) is 26.0. The van der Waals surface area contributed by atoms with Crippen molar-refractivity contribution in [3.05, 3.63) is 54.3 Å². The zero-order valence-corrected chi connectivity index (χ0v) is 15.5. The van der Waals surface area contributed by atoms with Gasteiger partial charge in [0, 0.05) is 18.7 Å². The van der Waals surface area contributed by atoms with E-state index in [-0.39, 0.29) is 30.5 Å². The van der Waals surface area contributed by atoms with Crippen LogP contribution in [0.2, 0.25) is 0 Å². The van der Waals surface area contributed by atoms with Crippen molar-refractivity contribution in [2.45, 2.75) is 13.3 Å². The minimum absolute atomic E-state index is 0.155. The largest absolute Gasteiger partial charge is 0.497 e. The van der Waals surface area contributed by atoms with Gasteiger partial charge in [-0.3, -0.25) is 14.5 Å². The van der Waals surface area contributed by atoms with Crippen LogP contribution in [0.5, 0.6) is 5.75 Å². The second-order valence-electron chi connectivity index (χ2n) is 5.92. The number of nitrogens with zero attached hydrogens (tertiary/aromatic N) is 1. The molecular weight excluding hydrogens is 349 g/mol. The number of methoxy groups -OCH3 is 1. The molecule has 2 rings (SSSR count). The predicted octanol–water partition coefficient (Wildman–Crippen LogP) is 3.12. The second kappa shape index (κ2) is 10.3. The van der Waals surface area contributed by atoms with Gasteiger partial charge in [0.2, 0.25) is 11.8 Å². The van der Waals surface area contributed by atoms with Crippen molar-refractivity contribution in [2.24, 2.45) is 0 Å². The Hall–Kier alpha value is -2.93. The van der Waals surface area contributed by atoms with Crippen LogP contribution in [0.25, 0.3) is 0 Å². The first-order valence-electron chi connectivity index (χ1n) is 8.72. The van der Waals surface area contributed by atoms with Crippen LogP contribution in [0.15, 0.2) is 48.5 Å². The van der Waals surface area contributed by atoms with Gasteiger partial charge < -0.3 is 15.4 Å². The zero-order chi connectivity index (χ0) is 19.6. The van der Waals surface area contributed by atoms with E-state index in [1.165, 1.54) is 12.1 Å². The second-order valence-corrected chi connectivity index (χ2v) is 5.92. The highest BCUT2D eigenvalue weighted by atomic mass is 19.1. The SMILES string of the molecule is CCN(CCC(=O)Nc1ccccc1F)CC(=O)Nc1ccc(OC)cc1. The summed E-state index contributed by atoms with van der Waals surface area (Å²) in [5, 5.41) is 5.35. The highest BCUT2D eigenvalue weighted by Gasteiger charge is 2.12. The standard InChI is InChI=1S/C20H24FN3O3/c1-3-24(13-12-19(25)23-18-7-5-4-6-17(18)21)14-20(26)22-15-8-10-16(27-2)11-9-15/h4-11H,3,12-14H2,1-2H3,(H,22,26)(H,23,25). The Balaban J connectivity index is 1.79. The van der Waals surface area contributed by atoms with E-state index in [2.05, 4.69) is 10.6 Å². The first-order chi connectivity index (χ1) is 13.0. The molecule has 0 aliphatic rings. The summed E-state index contributed by atoms with van der Waals surface area (Å²) in [6, 6.07) is 13.1. The number of ether oxygens (including phenoxy) is 1. The molecule has 6 nitrogen and oxygen atoms in total. The van der Waals surface area contributed by atoms with E-state index in [0.717, 1.165) is 0 Å². The maximum absolute atomic E-state index is 13.6. The molecule has 27 heavy (non-hydrogen) atoms. The molecule has 0 saturated heterocycles. The van der Waals surface area contributed by atoms with Gasteiger partial charge in [0.05, 0.1) is 19.3 Å². The lowest BCUT2D eigenvalue weighted by molar-refractivity contribution is -0.119. The van der Waals surface area contributed by atoms with E-state index in [1.807, 2.05) is 11.8 Å². The topological polar surface area (TPSA) is 70.7 Å². The summed E-state index contributed by atoms with van der Waals surface area (Å²) >= 11 is 0. The Morgan fingerprint density at radius 3 is 2.37 bits per heavy atom. The lowest BCUT2D eigenvalue weighted by Crippen LogP contribution is -2.35. The van der Waals surface area contributed by atoms with Gasteiger partial charge in [0.25, 0.3) is 0 Å². The molecule has 0 fully saturated rings. The van der Waals surface area contributed by atoms with Crippen molar-refractivity contribution in [3.63, 3.8) is 0 Å². The monoisotopic (exact) mass is 373 g/mol. The van der Waals surface area contributed by atoms with Crippen molar-refractivity contribution < 1.29 is 18.7 Å². The van der Waals surface area contributed by atoms with Crippen LogP contribution in [-0.4, -0.2) is 43.5 Å². The van der Waals surface area contributed by atoms with E-state index >= 15 is 0 Å². The molecule has 2 N–H and O–H groups in total. The average Bonchev–Trinajstić information content (AvgIpc) is 2.67. The third-order valence-corrected chi connectivity index (χ3v) is 3.99. The van der Waals surface area contributed by atoms with E-state index in [9.17, 15) is 14.0 Å². The van der Waals surface area contributed by atoms with Gasteiger partial charge in [-0.05, 0) is 42.9 Å². The third-order valence-electron chi connectivity index (χ3n) is 3.99. The molecule has 0 aliphatic carbocycles. The normalized spacial score (nSPS) is 10.5. The lowest BCUT2D eigenvalue weighted by atomic mass is 10.2. The minimum Gasteiger partial charge on any atom is -0.497 e. The van der Waals surface area contributed by atoms with E-state index < -0.39 is 5.82 Å². The maximum atomic E-state index is 13.6. The smallest absolute Gasteiger partial charge is 0.238 e. The number of likely N-dealkylation sites (N-methyl/N-ethyl adjacent to an activating group) is 1. The van der Waals surface area contributed by atoms with Gasteiger partial charge in [0.15, 0.2) is 0 Å². The van der Waals surface area contributed by atoms with Crippen molar-refractivity contribution in [3.8, 4) is 5.75 Å². The summed E-state index contributed by atoms with van der Waals surface area (Å²) in [5.41, 5.74) is 0.831. The fraction of sp³-hybridized carbons (Fsp3) is 0.300. The lowest BCUT2D eigenvalue weighted by Gasteiger charge is -2.19. The molecule has 2 amide bonds. The van der Waals surface area contributed by atoms with E-state index in [1.54, 1.807) is 43.5 Å². The number of hydrogen-bond acceptors (Lipinski definition) is 4. The molecule has 2 aromatic carbocycles. The summed E-state index contributed by atoms with van der Waals surface area (Å²) in [5.74, 6) is -0.230. The van der Waals surface area contributed by atoms with Gasteiger partial charge >= 0.3 is 0 Å². The highest BCUT2D eigenvalue weighted by molar-refractivity contribution is 5.92. The van der Waals surface area contributed by atoms with Crippen LogP contribution in [0, 0.1) is 5.82 Å². The Labute approximate surface area is 158 Å². The molecule has 0 atom stereocenters. The van der Waals surface area contributed by atoms with Crippen LogP contribution in [0.3, 0.4) is 0 Å². The van der Waals surface area contributed by atoms with E-state index in [0.29, 0.717) is 24.5 Å². The molecule has 144 valence electrons. The number of carbonyl (C=O) groups is 2. The van der Waals surface area contributed by atoms with Crippen LogP contribution in [-0.2, 0) is 9.59 Å². The number of amides is 2. The van der Waals surface area contributed by atoms with Crippen molar-refractivity contribution in [1.29, 1.82) is 0 Å². The highest BCUT2D eigenvalue weighted by Crippen LogP contribution is 2.15. The van der Waals surface area contributed by atoms with Crippen molar-refractivity contribution in [2.75, 3.05) is 37.4 Å². The molecule has 0 bridgehead atoms. The third kappa shape index (κ3) is 6.71. The molecule has 0 unspecified atom stereocenters. The molecule has 2 aromatic rings. The quantitative estimate of drug-likeness (QED) is 0.709. The first kappa shape index (κ1) is 20.4. The summed E-state index contributed by atoms with van der Waals surface area (Å²) in [6.45, 7) is 3.08. The Morgan fingerprint density at radius 2 is 1.74 bits per heavy atom. The van der Waals surface area contributed by atoms with Crippen LogP contribution >= 0.6 is 0 Å². The predicted molar refractivity (Wildman–Crippen MR) is 103 cm³/mol. The number of carbonyl (C=O) groups excluding carboxylic acids is 2. The Bertz CT molecular complexity index is 765. The molecule has 7 heteroatoms. The van der Waals surface area contributed by atoms with E-state index in [4.69, 9.17) is 4.74 Å². The Morgan fingerprint density at radius 1 is 1.04 bits per heavy atom. The maximum Gasteiger partial charge on any atom is 0.238 e. The fourth-order valence-electron chi connectivity index (χ4n) is 2.46. The molecule has 0 radical (unpaired) electrons. The van der Waals surface area contributed by atoms with Gasteiger partial charge in [-0.25, -0.2) is 4.39 Å². The van der Waals surface area contributed by atoms with Crippen LogP contribution in [0.1, 0.15) is 13.3 Å². The summed E-state index contributed by atoms with van der Waals surface area (Å²) in [6.07, 6.45) is 0.165. The minimum atomic E-state index is -0.475. The van der Waals surface area contributed by atoms with Crippen molar-refractivity contribution in [1.82, 2.24) is 4.90 Å². The molecule has 0 saturated carbocycles. The zero-order valence-electron chi connectivity index (χ0n) is 15.5. The van der Waals surface area contributed by atoms with Crippen LogP contribution in [0.4, 0.5) is 15.8 Å². The van der Waals surface area contributed by atoms with Gasteiger partial charge in [-0.2, -0.15) is 0 Å². The van der Waals surface area contributed by atoms with Crippen LogP contribution < -0.4 is 15.4 Å². The van der Waals surface area contributed by atoms with Gasteiger partial charge in [0.1, 0.15) is 11.6 Å². The number of para-hydroxylation sites is 1. The fourth-order valence-corrected chi connectivity index (χ4v) is 2.46. The molecule has 0 aliphatic heterocycles. The molecule has 0 heterocycles.